The molecule has 0 bridgehead atoms. The molecule has 0 saturated carbocycles. The lowest BCUT2D eigenvalue weighted by Gasteiger charge is -2.04. The van der Waals surface area contributed by atoms with E-state index in [0.29, 0.717) is 0 Å². The number of rotatable bonds is 4. The summed E-state index contributed by atoms with van der Waals surface area (Å²) in [5, 5.41) is 7.34. The second-order valence-electron chi connectivity index (χ2n) is 4.22. The molecule has 0 spiro atoms. The van der Waals surface area contributed by atoms with E-state index in [-0.39, 0.29) is 5.84 Å². The van der Waals surface area contributed by atoms with Gasteiger partial charge in [0, 0.05) is 16.2 Å². The van der Waals surface area contributed by atoms with Crippen LogP contribution in [-0.4, -0.2) is 5.84 Å². The Morgan fingerprint density at radius 2 is 1.89 bits per heavy atom. The quantitative estimate of drug-likeness (QED) is 0.499. The highest BCUT2D eigenvalue weighted by Crippen LogP contribution is 2.23. The number of nitrogens with one attached hydrogen (secondary N) is 1. The average Bonchev–Trinajstić information content (AvgIpc) is 2.37. The number of nitrogen functional groups attached to an aromatic ring is 1. The summed E-state index contributed by atoms with van der Waals surface area (Å²) in [7, 11) is 0. The monoisotopic (exact) mass is 256 g/mol. The van der Waals surface area contributed by atoms with Crippen LogP contribution in [0.15, 0.2) is 53.4 Å². The maximum atomic E-state index is 7.34. The first-order chi connectivity index (χ1) is 8.65. The molecule has 0 saturated heterocycles. The normalized spacial score (nSPS) is 10.3. The van der Waals surface area contributed by atoms with E-state index < -0.39 is 0 Å². The van der Waals surface area contributed by atoms with Crippen molar-refractivity contribution in [3.8, 4) is 0 Å². The molecule has 18 heavy (non-hydrogen) atoms. The first-order valence-corrected chi connectivity index (χ1v) is 6.76. The SMILES string of the molecule is Cc1cccc(CSc2ccc(C(=N)N)cc2)c1. The largest absolute Gasteiger partial charge is 0.384 e. The van der Waals surface area contributed by atoms with Crippen LogP contribution in [-0.2, 0) is 5.75 Å². The van der Waals surface area contributed by atoms with Crippen molar-refractivity contribution < 1.29 is 0 Å². The molecule has 0 aliphatic carbocycles. The summed E-state index contributed by atoms with van der Waals surface area (Å²) < 4.78 is 0. The van der Waals surface area contributed by atoms with E-state index >= 15 is 0 Å². The molecule has 0 unspecified atom stereocenters. The van der Waals surface area contributed by atoms with Gasteiger partial charge in [0.2, 0.25) is 0 Å². The van der Waals surface area contributed by atoms with E-state index in [9.17, 15) is 0 Å². The molecule has 0 radical (unpaired) electrons. The van der Waals surface area contributed by atoms with Crippen molar-refractivity contribution >= 4 is 17.6 Å². The van der Waals surface area contributed by atoms with Gasteiger partial charge in [-0.1, -0.05) is 42.0 Å². The molecule has 0 aromatic heterocycles. The average molecular weight is 256 g/mol. The Bertz CT molecular complexity index is 547. The van der Waals surface area contributed by atoms with Crippen LogP contribution >= 0.6 is 11.8 Å². The van der Waals surface area contributed by atoms with Crippen LogP contribution in [0.1, 0.15) is 16.7 Å². The highest BCUT2D eigenvalue weighted by atomic mass is 32.2. The molecule has 0 aliphatic heterocycles. The summed E-state index contributed by atoms with van der Waals surface area (Å²) in [5.74, 6) is 1.08. The summed E-state index contributed by atoms with van der Waals surface area (Å²) in [6, 6.07) is 16.3. The zero-order chi connectivity index (χ0) is 13.0. The molecule has 3 heteroatoms. The number of thioether (sulfide) groups is 1. The van der Waals surface area contributed by atoms with Crippen LogP contribution in [0, 0.1) is 12.3 Å². The molecule has 0 aliphatic rings. The number of aryl methyl sites for hydroxylation is 1. The van der Waals surface area contributed by atoms with Crippen LogP contribution in [0.2, 0.25) is 0 Å². The van der Waals surface area contributed by atoms with Gasteiger partial charge in [-0.3, -0.25) is 5.41 Å². The van der Waals surface area contributed by atoms with Gasteiger partial charge < -0.3 is 5.73 Å². The van der Waals surface area contributed by atoms with Crippen molar-refractivity contribution in [2.24, 2.45) is 5.73 Å². The summed E-state index contributed by atoms with van der Waals surface area (Å²) in [4.78, 5) is 1.20. The first-order valence-electron chi connectivity index (χ1n) is 5.78. The number of amidine groups is 1. The molecule has 92 valence electrons. The highest BCUT2D eigenvalue weighted by molar-refractivity contribution is 7.98. The molecular weight excluding hydrogens is 240 g/mol. The van der Waals surface area contributed by atoms with Gasteiger partial charge in [-0.25, -0.2) is 0 Å². The van der Waals surface area contributed by atoms with Gasteiger partial charge in [0.1, 0.15) is 5.84 Å². The minimum Gasteiger partial charge on any atom is -0.384 e. The lowest BCUT2D eigenvalue weighted by molar-refractivity contribution is 1.33. The summed E-state index contributed by atoms with van der Waals surface area (Å²) >= 11 is 1.79. The Morgan fingerprint density at radius 3 is 2.50 bits per heavy atom. The third-order valence-corrected chi connectivity index (χ3v) is 3.74. The van der Waals surface area contributed by atoms with Crippen LogP contribution < -0.4 is 5.73 Å². The Kier molecular flexibility index (Phi) is 4.05. The second-order valence-corrected chi connectivity index (χ2v) is 5.26. The molecule has 0 fully saturated rings. The predicted molar refractivity (Wildman–Crippen MR) is 78.2 cm³/mol. The second kappa shape index (κ2) is 5.74. The molecule has 2 aromatic carbocycles. The lowest BCUT2D eigenvalue weighted by Crippen LogP contribution is -2.10. The van der Waals surface area contributed by atoms with Gasteiger partial charge in [-0.05, 0) is 24.6 Å². The van der Waals surface area contributed by atoms with Gasteiger partial charge in [-0.15, -0.1) is 11.8 Å². The molecule has 0 amide bonds. The van der Waals surface area contributed by atoms with E-state index in [1.165, 1.54) is 16.0 Å². The molecule has 3 N–H and O–H groups in total. The fourth-order valence-corrected chi connectivity index (χ4v) is 2.54. The molecular formula is C15H16N2S. The van der Waals surface area contributed by atoms with E-state index in [1.807, 2.05) is 24.3 Å². The molecule has 2 nitrogen and oxygen atoms in total. The van der Waals surface area contributed by atoms with Crippen molar-refractivity contribution in [2.45, 2.75) is 17.6 Å². The smallest absolute Gasteiger partial charge is 0.122 e. The molecule has 2 aromatic rings. The van der Waals surface area contributed by atoms with Gasteiger partial charge >= 0.3 is 0 Å². The predicted octanol–water partition coefficient (Wildman–Crippen LogP) is 3.57. The number of benzene rings is 2. The van der Waals surface area contributed by atoms with Gasteiger partial charge in [0.05, 0.1) is 0 Å². The fourth-order valence-electron chi connectivity index (χ4n) is 1.70. The lowest BCUT2D eigenvalue weighted by atomic mass is 10.2. The minimum absolute atomic E-state index is 0.116. The Morgan fingerprint density at radius 1 is 1.17 bits per heavy atom. The zero-order valence-electron chi connectivity index (χ0n) is 10.3. The van der Waals surface area contributed by atoms with Gasteiger partial charge in [0.15, 0.2) is 0 Å². The van der Waals surface area contributed by atoms with Gasteiger partial charge in [0.25, 0.3) is 0 Å². The van der Waals surface area contributed by atoms with E-state index in [1.54, 1.807) is 11.8 Å². The summed E-state index contributed by atoms with van der Waals surface area (Å²) in [6.07, 6.45) is 0. The van der Waals surface area contributed by atoms with Crippen molar-refractivity contribution in [2.75, 3.05) is 0 Å². The summed E-state index contributed by atoms with van der Waals surface area (Å²) in [5.41, 5.74) is 8.82. The van der Waals surface area contributed by atoms with Crippen LogP contribution in [0.4, 0.5) is 0 Å². The standard InChI is InChI=1S/C15H16N2S/c1-11-3-2-4-12(9-11)10-18-14-7-5-13(6-8-14)15(16)17/h2-9H,10H2,1H3,(H3,16,17). The Hall–Kier alpha value is -1.74. The third-order valence-electron chi connectivity index (χ3n) is 2.65. The van der Waals surface area contributed by atoms with E-state index in [4.69, 9.17) is 11.1 Å². The Labute approximate surface area is 112 Å². The van der Waals surface area contributed by atoms with Crippen molar-refractivity contribution in [1.29, 1.82) is 5.41 Å². The van der Waals surface area contributed by atoms with Crippen LogP contribution in [0.5, 0.6) is 0 Å². The first kappa shape index (κ1) is 12.7. The number of hydrogen-bond donors (Lipinski definition) is 2. The zero-order valence-corrected chi connectivity index (χ0v) is 11.1. The fraction of sp³-hybridized carbons (Fsp3) is 0.133. The van der Waals surface area contributed by atoms with Crippen LogP contribution in [0.3, 0.4) is 0 Å². The van der Waals surface area contributed by atoms with Crippen molar-refractivity contribution in [3.63, 3.8) is 0 Å². The van der Waals surface area contributed by atoms with E-state index in [0.717, 1.165) is 11.3 Å². The third kappa shape index (κ3) is 3.37. The Balaban J connectivity index is 2.00. The molecule has 0 atom stereocenters. The number of hydrogen-bond acceptors (Lipinski definition) is 2. The number of nitrogens with two attached hydrogens (primary N) is 1. The van der Waals surface area contributed by atoms with Crippen LogP contribution in [0.25, 0.3) is 0 Å². The molecule has 0 heterocycles. The highest BCUT2D eigenvalue weighted by Gasteiger charge is 1.99. The maximum absolute atomic E-state index is 7.34. The molecule has 2 rings (SSSR count). The minimum atomic E-state index is 0.116. The van der Waals surface area contributed by atoms with Gasteiger partial charge in [-0.2, -0.15) is 0 Å². The maximum Gasteiger partial charge on any atom is 0.122 e. The topological polar surface area (TPSA) is 49.9 Å². The summed E-state index contributed by atoms with van der Waals surface area (Å²) in [6.45, 7) is 2.11. The van der Waals surface area contributed by atoms with E-state index in [2.05, 4.69) is 31.2 Å². The van der Waals surface area contributed by atoms with Crippen molar-refractivity contribution in [3.05, 3.63) is 65.2 Å². The van der Waals surface area contributed by atoms with Crippen molar-refractivity contribution in [1.82, 2.24) is 0 Å².